The highest BCUT2D eigenvalue weighted by atomic mass is 15.1. The first-order valence-electron chi connectivity index (χ1n) is 5.36. The van der Waals surface area contributed by atoms with Gasteiger partial charge in [-0.15, -0.1) is 0 Å². The van der Waals surface area contributed by atoms with Crippen LogP contribution in [-0.2, 0) is 0 Å². The lowest BCUT2D eigenvalue weighted by Gasteiger charge is -2.23. The normalized spacial score (nSPS) is 28.2. The predicted octanol–water partition coefficient (Wildman–Crippen LogP) is 1.70. The molecule has 13 heavy (non-hydrogen) atoms. The van der Waals surface area contributed by atoms with Gasteiger partial charge < -0.3 is 10.6 Å². The molecule has 0 aromatic rings. The van der Waals surface area contributed by atoms with Gasteiger partial charge >= 0.3 is 0 Å². The van der Waals surface area contributed by atoms with Crippen LogP contribution < -0.4 is 5.73 Å². The summed E-state index contributed by atoms with van der Waals surface area (Å²) in [6.07, 6.45) is 2.51. The molecule has 2 nitrogen and oxygen atoms in total. The molecule has 2 N–H and O–H groups in total. The second-order valence-corrected chi connectivity index (χ2v) is 5.47. The maximum absolute atomic E-state index is 5.93. The van der Waals surface area contributed by atoms with Crippen LogP contribution in [0.25, 0.3) is 0 Å². The molecule has 0 aromatic carbocycles. The molecule has 78 valence electrons. The lowest BCUT2D eigenvalue weighted by molar-refractivity contribution is 0.282. The van der Waals surface area contributed by atoms with Crippen molar-refractivity contribution in [1.29, 1.82) is 0 Å². The average Bonchev–Trinajstić information content (AvgIpc) is 2.61. The van der Waals surface area contributed by atoms with Gasteiger partial charge in [-0.05, 0) is 52.1 Å². The van der Waals surface area contributed by atoms with Gasteiger partial charge in [0.25, 0.3) is 0 Å². The van der Waals surface area contributed by atoms with E-state index in [0.717, 1.165) is 24.8 Å². The van der Waals surface area contributed by atoms with E-state index in [9.17, 15) is 0 Å². The predicted molar refractivity (Wildman–Crippen MR) is 57.7 cm³/mol. The first kappa shape index (κ1) is 11.0. The van der Waals surface area contributed by atoms with Crippen molar-refractivity contribution in [3.63, 3.8) is 0 Å². The van der Waals surface area contributed by atoms with Gasteiger partial charge in [0.1, 0.15) is 0 Å². The fraction of sp³-hybridized carbons (Fsp3) is 1.00. The molecule has 1 aliphatic carbocycles. The standard InChI is InChI=1S/C11H24N2/c1-9-7-10(9)8-13(4)6-5-11(2,3)12/h9-10H,5-8,12H2,1-4H3. The first-order chi connectivity index (χ1) is 5.88. The topological polar surface area (TPSA) is 29.3 Å². The molecule has 0 aromatic heterocycles. The SMILES string of the molecule is CC1CC1CN(C)CCC(C)(C)N. The number of nitrogens with zero attached hydrogens (tertiary/aromatic N) is 1. The Bertz CT molecular complexity index is 160. The quantitative estimate of drug-likeness (QED) is 0.704. The van der Waals surface area contributed by atoms with Crippen molar-refractivity contribution in [3.8, 4) is 0 Å². The Kier molecular flexibility index (Phi) is 3.36. The van der Waals surface area contributed by atoms with Crippen molar-refractivity contribution in [1.82, 2.24) is 4.90 Å². The number of nitrogens with two attached hydrogens (primary N) is 1. The summed E-state index contributed by atoms with van der Waals surface area (Å²) in [5.41, 5.74) is 5.92. The Hall–Kier alpha value is -0.0800. The van der Waals surface area contributed by atoms with Crippen LogP contribution >= 0.6 is 0 Å². The lowest BCUT2D eigenvalue weighted by atomic mass is 10.0. The molecule has 0 amide bonds. The van der Waals surface area contributed by atoms with Gasteiger partial charge in [0.15, 0.2) is 0 Å². The molecule has 1 aliphatic rings. The van der Waals surface area contributed by atoms with E-state index in [4.69, 9.17) is 5.73 Å². The van der Waals surface area contributed by atoms with Crippen LogP contribution in [0.15, 0.2) is 0 Å². The Morgan fingerprint density at radius 1 is 1.46 bits per heavy atom. The van der Waals surface area contributed by atoms with Crippen LogP contribution in [-0.4, -0.2) is 30.6 Å². The molecule has 0 bridgehead atoms. The monoisotopic (exact) mass is 184 g/mol. The second kappa shape index (κ2) is 3.97. The van der Waals surface area contributed by atoms with E-state index in [1.165, 1.54) is 13.0 Å². The maximum atomic E-state index is 5.93. The van der Waals surface area contributed by atoms with Crippen LogP contribution in [0.4, 0.5) is 0 Å². The van der Waals surface area contributed by atoms with Crippen molar-refractivity contribution in [2.75, 3.05) is 20.1 Å². The lowest BCUT2D eigenvalue weighted by Crippen LogP contribution is -2.36. The van der Waals surface area contributed by atoms with Gasteiger partial charge in [0, 0.05) is 12.1 Å². The molecule has 1 fully saturated rings. The van der Waals surface area contributed by atoms with E-state index in [2.05, 4.69) is 32.7 Å². The van der Waals surface area contributed by atoms with E-state index in [1.807, 2.05) is 0 Å². The average molecular weight is 184 g/mol. The Morgan fingerprint density at radius 2 is 2.00 bits per heavy atom. The summed E-state index contributed by atoms with van der Waals surface area (Å²) >= 11 is 0. The summed E-state index contributed by atoms with van der Waals surface area (Å²) in [5.74, 6) is 1.93. The van der Waals surface area contributed by atoms with Crippen LogP contribution in [0.3, 0.4) is 0 Å². The van der Waals surface area contributed by atoms with Crippen LogP contribution in [0.5, 0.6) is 0 Å². The van der Waals surface area contributed by atoms with Crippen LogP contribution in [0.1, 0.15) is 33.6 Å². The van der Waals surface area contributed by atoms with Crippen molar-refractivity contribution in [2.24, 2.45) is 17.6 Å². The molecule has 2 atom stereocenters. The first-order valence-corrected chi connectivity index (χ1v) is 5.36. The molecule has 1 rings (SSSR count). The number of rotatable bonds is 5. The van der Waals surface area contributed by atoms with E-state index in [0.29, 0.717) is 0 Å². The second-order valence-electron chi connectivity index (χ2n) is 5.47. The minimum absolute atomic E-state index is 0.0105. The van der Waals surface area contributed by atoms with Crippen molar-refractivity contribution < 1.29 is 0 Å². The molecule has 0 saturated heterocycles. The van der Waals surface area contributed by atoms with E-state index < -0.39 is 0 Å². The van der Waals surface area contributed by atoms with Crippen molar-refractivity contribution in [2.45, 2.75) is 39.2 Å². The zero-order valence-corrected chi connectivity index (χ0v) is 9.51. The minimum atomic E-state index is -0.0105. The zero-order chi connectivity index (χ0) is 10.1. The summed E-state index contributed by atoms with van der Waals surface area (Å²) in [4.78, 5) is 2.42. The number of hydrogen-bond donors (Lipinski definition) is 1. The molecule has 0 heterocycles. The zero-order valence-electron chi connectivity index (χ0n) is 9.51. The Morgan fingerprint density at radius 3 is 2.38 bits per heavy atom. The van der Waals surface area contributed by atoms with Crippen molar-refractivity contribution in [3.05, 3.63) is 0 Å². The minimum Gasteiger partial charge on any atom is -0.326 e. The van der Waals surface area contributed by atoms with Crippen LogP contribution in [0.2, 0.25) is 0 Å². The molecule has 2 unspecified atom stereocenters. The largest absolute Gasteiger partial charge is 0.326 e. The maximum Gasteiger partial charge on any atom is 0.0109 e. The molecular weight excluding hydrogens is 160 g/mol. The highest BCUT2D eigenvalue weighted by Gasteiger charge is 2.33. The Labute approximate surface area is 82.5 Å². The molecule has 0 radical (unpaired) electrons. The Balaban J connectivity index is 2.07. The smallest absolute Gasteiger partial charge is 0.0109 e. The third-order valence-electron chi connectivity index (χ3n) is 2.96. The summed E-state index contributed by atoms with van der Waals surface area (Å²) in [6, 6.07) is 0. The molecule has 1 saturated carbocycles. The van der Waals surface area contributed by atoms with Gasteiger partial charge in [0.05, 0.1) is 0 Å². The summed E-state index contributed by atoms with van der Waals surface area (Å²) in [7, 11) is 2.21. The van der Waals surface area contributed by atoms with Gasteiger partial charge in [-0.3, -0.25) is 0 Å². The van der Waals surface area contributed by atoms with E-state index in [-0.39, 0.29) is 5.54 Å². The molecule has 0 aliphatic heterocycles. The van der Waals surface area contributed by atoms with Gasteiger partial charge in [-0.1, -0.05) is 6.92 Å². The highest BCUT2D eigenvalue weighted by molar-refractivity contribution is 4.85. The number of hydrogen-bond acceptors (Lipinski definition) is 2. The van der Waals surface area contributed by atoms with Crippen molar-refractivity contribution >= 4 is 0 Å². The third kappa shape index (κ3) is 4.63. The highest BCUT2D eigenvalue weighted by Crippen LogP contribution is 2.37. The summed E-state index contributed by atoms with van der Waals surface area (Å²) in [6.45, 7) is 8.93. The van der Waals surface area contributed by atoms with E-state index in [1.54, 1.807) is 0 Å². The summed E-state index contributed by atoms with van der Waals surface area (Å²) in [5, 5.41) is 0. The van der Waals surface area contributed by atoms with Crippen LogP contribution in [0, 0.1) is 11.8 Å². The third-order valence-corrected chi connectivity index (χ3v) is 2.96. The van der Waals surface area contributed by atoms with Gasteiger partial charge in [-0.25, -0.2) is 0 Å². The fourth-order valence-electron chi connectivity index (χ4n) is 1.62. The van der Waals surface area contributed by atoms with Gasteiger partial charge in [-0.2, -0.15) is 0 Å². The molecular formula is C11H24N2. The summed E-state index contributed by atoms with van der Waals surface area (Å²) < 4.78 is 0. The fourth-order valence-corrected chi connectivity index (χ4v) is 1.62. The molecule has 0 spiro atoms. The molecule has 2 heteroatoms. The van der Waals surface area contributed by atoms with Gasteiger partial charge in [0.2, 0.25) is 0 Å². The van der Waals surface area contributed by atoms with E-state index >= 15 is 0 Å².